The molecule has 4 aliphatic heterocycles. The van der Waals surface area contributed by atoms with Crippen molar-refractivity contribution in [1.29, 1.82) is 0 Å². The van der Waals surface area contributed by atoms with E-state index in [9.17, 15) is 111 Å². The number of aromatic amines is 3. The number of anilines is 2. The number of aliphatic hydroxyl groups excluding tert-OH is 4. The van der Waals surface area contributed by atoms with Crippen molar-refractivity contribution in [3.63, 3.8) is 0 Å². The molecule has 8 heterocycles. The molecule has 0 spiro atoms. The molecule has 5 aliphatic rings. The van der Waals surface area contributed by atoms with E-state index in [2.05, 4.69) is 81.0 Å². The molecule has 44 nitrogen and oxygen atoms in total. The third-order valence-electron chi connectivity index (χ3n) is 21.5. The summed E-state index contributed by atoms with van der Waals surface area (Å²) in [4.78, 5) is 220. The summed E-state index contributed by atoms with van der Waals surface area (Å²) < 4.78 is 47.5. The highest BCUT2D eigenvalue weighted by Gasteiger charge is 2.50. The second kappa shape index (κ2) is 40.9. The van der Waals surface area contributed by atoms with Crippen molar-refractivity contribution < 1.29 is 120 Å². The minimum Gasteiger partial charge on any atom is -0.480 e. The summed E-state index contributed by atoms with van der Waals surface area (Å²) in [6.45, 7) is 9.06. The molecule has 1 fully saturated rings. The number of nitrogens with one attached hydrogen (secondary N) is 12. The lowest BCUT2D eigenvalue weighted by Gasteiger charge is -2.40. The highest BCUT2D eigenvalue weighted by molar-refractivity contribution is 8.76. The van der Waals surface area contributed by atoms with E-state index in [1.54, 1.807) is 19.9 Å². The SMILES string of the molecule is CC[C@H]1C2Cc3[nH]c4c(c3C)C(=O)C(C(=O)OC)/C4=C3/N=C(C=c4[nH]c(c(C(C)=O)c4C)=CC(=N2)[C@@H]1C)[C@@H](C)[C@@H]3CCC(=O)NC(CC(=O)NC1C(O)OC(CO)C(O)C1O)C(=O)NNC(=O)OCCSSC[C@H](NC(=O)[C@H](CC(=O)NCCS(=O)(=O)O)NC(=O)CC[C@H](NC(=O)c1ccc(NCc2cnc3nc(N)[nH]c(=O)c3n2)cc1)C(=O)O)C(=O)O. The lowest BCUT2D eigenvalue weighted by molar-refractivity contribution is -0.253. The van der Waals surface area contributed by atoms with Crippen molar-refractivity contribution in [3.8, 4) is 0 Å². The van der Waals surface area contributed by atoms with Crippen molar-refractivity contribution in [2.24, 2.45) is 39.6 Å². The number of hydrogen-bond acceptors (Lipinski definition) is 32. The van der Waals surface area contributed by atoms with Gasteiger partial charge in [-0.3, -0.25) is 77.7 Å². The Kier molecular flexibility index (Phi) is 31.0. The summed E-state index contributed by atoms with van der Waals surface area (Å²) >= 11 is 0. The largest absolute Gasteiger partial charge is 0.480 e. The number of carboxylic acid groups (broad SMARTS) is 2. The number of aliphatic hydroxyl groups is 4. The van der Waals surface area contributed by atoms with Crippen LogP contribution < -0.4 is 70.1 Å². The van der Waals surface area contributed by atoms with Gasteiger partial charge in [-0.2, -0.15) is 13.4 Å². The maximum absolute atomic E-state index is 14.8. The zero-order chi connectivity index (χ0) is 89.7. The number of nitrogens with two attached hydrogens (primary N) is 1. The van der Waals surface area contributed by atoms with E-state index >= 15 is 0 Å². The zero-order valence-corrected chi connectivity index (χ0v) is 69.7. The maximum Gasteiger partial charge on any atom is 0.426 e. The molecule has 15 atom stereocenters. The number of hydrogen-bond donors (Lipinski definition) is 20. The van der Waals surface area contributed by atoms with Gasteiger partial charge in [0.2, 0.25) is 35.5 Å². The molecule has 4 aromatic heterocycles. The Morgan fingerprint density at radius 2 is 1.46 bits per heavy atom. The number of nitrogen functional groups attached to an aromatic ring is 1. The Bertz CT molecular complexity index is 5400. The summed E-state index contributed by atoms with van der Waals surface area (Å²) in [7, 11) is -1.75. The van der Waals surface area contributed by atoms with E-state index in [1.807, 2.05) is 23.9 Å². The molecule has 10 rings (SSSR count). The number of fused-ring (bicyclic) bond motifs is 6. The van der Waals surface area contributed by atoms with Crippen LogP contribution in [0.2, 0.25) is 0 Å². The van der Waals surface area contributed by atoms with Crippen LogP contribution in [-0.4, -0.2) is 267 Å². The summed E-state index contributed by atoms with van der Waals surface area (Å²) in [5, 5.41) is 79.6. The molecule has 0 radical (unpaired) electrons. The highest BCUT2D eigenvalue weighted by Crippen LogP contribution is 2.49. The monoisotopic (exact) mass is 1770 g/mol. The van der Waals surface area contributed by atoms with E-state index in [-0.39, 0.29) is 81.9 Å². The van der Waals surface area contributed by atoms with Gasteiger partial charge in [0.15, 0.2) is 29.0 Å². The molecule has 1 aliphatic carbocycles. The predicted molar refractivity (Wildman–Crippen MR) is 439 cm³/mol. The molecule has 8 unspecified atom stereocenters. The quantitative estimate of drug-likeness (QED) is 0.00359. The third-order valence-corrected chi connectivity index (χ3v) is 24.6. The molecular formula is C76H94N18O26S3. The molecule has 0 saturated carbocycles. The normalized spacial score (nSPS) is 22.3. The lowest BCUT2D eigenvalue weighted by atomic mass is 9.83. The molecule has 662 valence electrons. The number of nitrogens with zero attached hydrogens (tertiary/aromatic N) is 5. The number of carbonyl (C=O) groups excluding carboxylic acids is 11. The number of hydrazine groups is 1. The van der Waals surface area contributed by atoms with E-state index in [0.717, 1.165) is 40.8 Å². The molecule has 123 heavy (non-hydrogen) atoms. The first kappa shape index (κ1) is 93.4. The molecule has 1 aromatic carbocycles. The number of amides is 8. The van der Waals surface area contributed by atoms with Gasteiger partial charge in [-0.25, -0.2) is 29.8 Å². The fraction of sp³-hybridized carbons (Fsp3) is 0.487. The Morgan fingerprint density at radius 3 is 2.13 bits per heavy atom. The van der Waals surface area contributed by atoms with Crippen LogP contribution in [-0.2, 0) is 80.4 Å². The number of Topliss-reactive ketones (excluding diaryl/α,β-unsaturated/α-hetero) is 2. The third kappa shape index (κ3) is 22.9. The van der Waals surface area contributed by atoms with Crippen molar-refractivity contribution in [3.05, 3.63) is 102 Å². The first-order chi connectivity index (χ1) is 58.3. The zero-order valence-electron chi connectivity index (χ0n) is 67.2. The number of allylic oxidation sites excluding steroid dienone is 1. The van der Waals surface area contributed by atoms with Crippen LogP contribution in [0, 0.1) is 43.4 Å². The minimum absolute atomic E-state index is 0.0155. The maximum atomic E-state index is 14.8. The number of aromatic nitrogens is 6. The van der Waals surface area contributed by atoms with E-state index in [0.29, 0.717) is 62.3 Å². The van der Waals surface area contributed by atoms with Gasteiger partial charge >= 0.3 is 24.0 Å². The lowest BCUT2D eigenvalue weighted by Crippen LogP contribution is -2.64. The number of H-pyrrole nitrogens is 3. The molecule has 21 N–H and O–H groups in total. The van der Waals surface area contributed by atoms with Gasteiger partial charge in [0.05, 0.1) is 73.5 Å². The van der Waals surface area contributed by atoms with Crippen molar-refractivity contribution >= 4 is 161 Å². The molecule has 47 heteroatoms. The van der Waals surface area contributed by atoms with E-state index < -0.39 is 223 Å². The molecule has 5 aromatic rings. The first-order valence-corrected chi connectivity index (χ1v) is 42.8. The van der Waals surface area contributed by atoms with Crippen LogP contribution in [0.15, 0.2) is 50.9 Å². The number of aliphatic imine (C=N–C) groups is 2. The Balaban J connectivity index is 0.762. The minimum atomic E-state index is -4.60. The molecule has 8 amide bonds. The second-order valence-electron chi connectivity index (χ2n) is 29.7. The van der Waals surface area contributed by atoms with E-state index in [4.69, 9.17) is 29.9 Å². The van der Waals surface area contributed by atoms with Gasteiger partial charge in [-0.15, -0.1) is 0 Å². The van der Waals surface area contributed by atoms with Crippen LogP contribution in [0.3, 0.4) is 0 Å². The predicted octanol–water partition coefficient (Wildman–Crippen LogP) is -3.09. The smallest absolute Gasteiger partial charge is 0.426 e. The van der Waals surface area contributed by atoms with Gasteiger partial charge in [0.1, 0.15) is 61.0 Å². The first-order valence-electron chi connectivity index (χ1n) is 38.7. The second-order valence-corrected chi connectivity index (χ2v) is 33.9. The highest BCUT2D eigenvalue weighted by atomic mass is 33.1. The summed E-state index contributed by atoms with van der Waals surface area (Å²) in [6.07, 6.45) is -6.31. The number of rotatable bonds is 36. The molecule has 8 bridgehead atoms. The number of carbonyl (C=O) groups is 13. The Labute approximate surface area is 707 Å². The van der Waals surface area contributed by atoms with Crippen LogP contribution in [0.5, 0.6) is 0 Å². The fourth-order valence-electron chi connectivity index (χ4n) is 15.1. The van der Waals surface area contributed by atoms with Gasteiger partial charge in [-0.05, 0) is 87.1 Å². The summed E-state index contributed by atoms with van der Waals surface area (Å²) in [6, 6.07) is -3.70. The Hall–Kier alpha value is -11.9. The van der Waals surface area contributed by atoms with Crippen LogP contribution in [0.25, 0.3) is 28.9 Å². The number of carboxylic acids is 2. The average Bonchev–Trinajstić information content (AvgIpc) is 1.56. The van der Waals surface area contributed by atoms with Gasteiger partial charge < -0.3 is 97.8 Å². The Morgan fingerprint density at radius 1 is 0.780 bits per heavy atom. The van der Waals surface area contributed by atoms with Gasteiger partial charge in [-0.1, -0.05) is 48.8 Å². The molecular weight excluding hydrogens is 1680 g/mol. The number of methoxy groups -OCH3 is 1. The number of benzene rings is 1. The number of ketones is 2. The molecule has 1 saturated heterocycles. The standard InChI is InChI=1S/C76H94N18O26S3/c1-8-38-30(2)41-23-46-55(34(6)96)32(4)43(83-46)21-42-31(3)39(59(86-42)57-58(73(112)118-7)64(102)56-33(5)44(87-60(56)57)22-45(38)82-41)13-15-51(97)85-48(25-54(100)90-61-65(103)63(101)50(28-95)120-74(61)113)69(106)93-94-76(114)119-18-19-121-122-29-49(72(110)111)89-68(105)47(24-53(99)78-17-20-123(115,116)117)84-52(98)16-14-40(71(108)109)88-67(104)35-9-11-36(12-10-35)79-26-37-27-80-66-62(81-37)70(107)92-75(77)91-66/h9-12,21,23,27,30-31,38-40,45,47-50,58,61,63,65,74,79,83,87,95,101,103,113H,8,13-20,22,24-26,28-29H2,1-7H3,(H,78,99)(H,84,98)(H,85,97)(H,88,104)(H,89,105)(H,90,100)(H,93,106)(H,94,114)(H,108,109)(H,110,111)(H,115,116,117)(H3,77,80,91,92,107)/b43-21?,46-23?,59-57-/t30-,31+,38-,39+,40+,45?,47+,48?,49+,50?,58?,61?,63?,65?,74?/m1/s1. The van der Waals surface area contributed by atoms with Crippen molar-refractivity contribution in [1.82, 2.24) is 72.7 Å². The van der Waals surface area contributed by atoms with Crippen molar-refractivity contribution in [2.45, 2.75) is 160 Å². The number of aliphatic carboxylic acids is 2. The van der Waals surface area contributed by atoms with Crippen molar-refractivity contribution in [2.75, 3.05) is 55.2 Å². The number of esters is 1. The van der Waals surface area contributed by atoms with Gasteiger partial charge in [0, 0.05) is 105 Å². The number of ether oxygens (including phenoxy) is 3. The topological polar surface area (TPSA) is 687 Å². The van der Waals surface area contributed by atoms with Crippen LogP contribution >= 0.6 is 21.6 Å². The van der Waals surface area contributed by atoms with E-state index in [1.165, 1.54) is 37.4 Å². The summed E-state index contributed by atoms with van der Waals surface area (Å²) in [5.74, 6) is -17.0. The van der Waals surface area contributed by atoms with Crippen LogP contribution in [0.4, 0.5) is 16.4 Å². The van der Waals surface area contributed by atoms with Gasteiger partial charge in [0.25, 0.3) is 27.5 Å². The summed E-state index contributed by atoms with van der Waals surface area (Å²) in [5.41, 5.74) is 14.3. The van der Waals surface area contributed by atoms with Crippen LogP contribution in [0.1, 0.15) is 132 Å². The average molecular weight is 1770 g/mol. The fourth-order valence-corrected chi connectivity index (χ4v) is 17.4.